The van der Waals surface area contributed by atoms with Crippen LogP contribution in [-0.2, 0) is 4.79 Å². The maximum absolute atomic E-state index is 11.7. The lowest BCUT2D eigenvalue weighted by molar-refractivity contribution is -0.112. The molecule has 1 heterocycles. The number of carbonyl (C=O) groups is 1. The quantitative estimate of drug-likeness (QED) is 0.725. The molecule has 90 valence electrons. The van der Waals surface area contributed by atoms with Gasteiger partial charge in [0.2, 0.25) is 5.24 Å². The Morgan fingerprint density at radius 3 is 2.61 bits per heavy atom. The molecule has 1 atom stereocenters. The fourth-order valence-electron chi connectivity index (χ4n) is 2.18. The van der Waals surface area contributed by atoms with Crippen LogP contribution in [0.15, 0.2) is 46.9 Å². The summed E-state index contributed by atoms with van der Waals surface area (Å²) in [7, 11) is 0. The highest BCUT2D eigenvalue weighted by atomic mass is 79.9. The van der Waals surface area contributed by atoms with Crippen molar-refractivity contribution < 1.29 is 9.53 Å². The van der Waals surface area contributed by atoms with Crippen molar-refractivity contribution in [3.63, 3.8) is 0 Å². The van der Waals surface area contributed by atoms with Crippen LogP contribution < -0.4 is 4.74 Å². The third kappa shape index (κ3) is 1.84. The van der Waals surface area contributed by atoms with E-state index < -0.39 is 11.2 Å². The molecule has 2 nitrogen and oxygen atoms in total. The van der Waals surface area contributed by atoms with Gasteiger partial charge in [0.1, 0.15) is 11.5 Å². The molecule has 0 saturated heterocycles. The lowest BCUT2D eigenvalue weighted by Gasteiger charge is -2.25. The van der Waals surface area contributed by atoms with Gasteiger partial charge in [-0.05, 0) is 35.9 Å². The van der Waals surface area contributed by atoms with Crippen molar-refractivity contribution >= 4 is 32.8 Å². The summed E-state index contributed by atoms with van der Waals surface area (Å²) >= 11 is 9.15. The van der Waals surface area contributed by atoms with E-state index in [4.69, 9.17) is 16.3 Å². The van der Waals surface area contributed by atoms with E-state index >= 15 is 0 Å². The van der Waals surface area contributed by atoms with E-state index in [2.05, 4.69) is 15.9 Å². The summed E-state index contributed by atoms with van der Waals surface area (Å²) in [5.41, 5.74) is 1.60. The number of halogens is 2. The first-order valence-electron chi connectivity index (χ1n) is 5.42. The summed E-state index contributed by atoms with van der Waals surface area (Å²) in [6.45, 7) is 0. The standard InChI is InChI=1S/C14H8BrClO2/c15-8-5-6-12-10(7-8)13(14(16)17)9-3-1-2-4-11(9)18-12/h1-7,13H. The van der Waals surface area contributed by atoms with Gasteiger partial charge in [0, 0.05) is 15.6 Å². The van der Waals surface area contributed by atoms with Gasteiger partial charge in [0.05, 0.1) is 5.92 Å². The van der Waals surface area contributed by atoms with Gasteiger partial charge in [-0.1, -0.05) is 34.1 Å². The highest BCUT2D eigenvalue weighted by Gasteiger charge is 2.31. The second-order valence-electron chi connectivity index (χ2n) is 4.06. The fourth-order valence-corrected chi connectivity index (χ4v) is 2.79. The molecule has 0 bridgehead atoms. The molecule has 0 aliphatic carbocycles. The summed E-state index contributed by atoms with van der Waals surface area (Å²) in [5.74, 6) is 0.895. The Bertz CT molecular complexity index is 639. The van der Waals surface area contributed by atoms with Crippen molar-refractivity contribution in [1.82, 2.24) is 0 Å². The van der Waals surface area contributed by atoms with Crippen LogP contribution in [0.3, 0.4) is 0 Å². The third-order valence-electron chi connectivity index (χ3n) is 2.96. The van der Waals surface area contributed by atoms with E-state index in [-0.39, 0.29) is 0 Å². The molecular formula is C14H8BrClO2. The predicted molar refractivity (Wildman–Crippen MR) is 73.4 cm³/mol. The average molecular weight is 324 g/mol. The smallest absolute Gasteiger partial charge is 0.233 e. The van der Waals surface area contributed by atoms with Crippen LogP contribution in [0.1, 0.15) is 17.0 Å². The first-order chi connectivity index (χ1) is 8.66. The van der Waals surface area contributed by atoms with Gasteiger partial charge in [0.15, 0.2) is 0 Å². The van der Waals surface area contributed by atoms with E-state index in [9.17, 15) is 4.79 Å². The molecule has 0 amide bonds. The zero-order chi connectivity index (χ0) is 12.7. The van der Waals surface area contributed by atoms with Gasteiger partial charge >= 0.3 is 0 Å². The molecule has 4 heteroatoms. The van der Waals surface area contributed by atoms with Crippen molar-refractivity contribution in [1.29, 1.82) is 0 Å². The molecule has 2 aromatic rings. The molecular weight excluding hydrogens is 316 g/mol. The van der Waals surface area contributed by atoms with Gasteiger partial charge in [-0.15, -0.1) is 0 Å². The summed E-state index contributed by atoms with van der Waals surface area (Å²) in [6, 6.07) is 13.0. The van der Waals surface area contributed by atoms with Crippen LogP contribution in [0.2, 0.25) is 0 Å². The highest BCUT2D eigenvalue weighted by Crippen LogP contribution is 2.45. The monoisotopic (exact) mass is 322 g/mol. The van der Waals surface area contributed by atoms with Crippen molar-refractivity contribution in [2.45, 2.75) is 5.92 Å². The number of rotatable bonds is 1. The molecule has 18 heavy (non-hydrogen) atoms. The Balaban J connectivity index is 2.24. The zero-order valence-electron chi connectivity index (χ0n) is 9.19. The summed E-state index contributed by atoms with van der Waals surface area (Å²) in [5, 5.41) is -0.398. The Kier molecular flexibility index (Phi) is 2.88. The lowest BCUT2D eigenvalue weighted by atomic mass is 9.89. The van der Waals surface area contributed by atoms with E-state index in [1.165, 1.54) is 0 Å². The minimum Gasteiger partial charge on any atom is -0.457 e. The van der Waals surface area contributed by atoms with E-state index in [0.29, 0.717) is 11.5 Å². The molecule has 1 aliphatic rings. The van der Waals surface area contributed by atoms with Crippen LogP contribution in [0.5, 0.6) is 11.5 Å². The van der Waals surface area contributed by atoms with Gasteiger partial charge < -0.3 is 4.74 Å². The molecule has 0 fully saturated rings. The molecule has 3 rings (SSSR count). The van der Waals surface area contributed by atoms with Crippen LogP contribution in [0.4, 0.5) is 0 Å². The van der Waals surface area contributed by atoms with Crippen LogP contribution >= 0.6 is 27.5 Å². The zero-order valence-corrected chi connectivity index (χ0v) is 11.5. The van der Waals surface area contributed by atoms with Crippen molar-refractivity contribution in [3.8, 4) is 11.5 Å². The van der Waals surface area contributed by atoms with Crippen molar-refractivity contribution in [2.24, 2.45) is 0 Å². The maximum Gasteiger partial charge on any atom is 0.233 e. The number of hydrogen-bond donors (Lipinski definition) is 0. The Morgan fingerprint density at radius 1 is 1.11 bits per heavy atom. The average Bonchev–Trinajstić information content (AvgIpc) is 2.35. The topological polar surface area (TPSA) is 26.3 Å². The fraction of sp³-hybridized carbons (Fsp3) is 0.0714. The van der Waals surface area contributed by atoms with Gasteiger partial charge in [-0.3, -0.25) is 4.79 Å². The molecule has 1 unspecified atom stereocenters. The van der Waals surface area contributed by atoms with E-state index in [1.54, 1.807) is 0 Å². The molecule has 0 N–H and O–H groups in total. The summed E-state index contributed by atoms with van der Waals surface area (Å²) < 4.78 is 6.68. The number of ether oxygens (including phenoxy) is 1. The van der Waals surface area contributed by atoms with Gasteiger partial charge in [-0.2, -0.15) is 0 Å². The molecule has 0 spiro atoms. The normalized spacial score (nSPS) is 16.4. The molecule has 0 saturated carbocycles. The van der Waals surface area contributed by atoms with Crippen LogP contribution in [0, 0.1) is 0 Å². The number of fused-ring (bicyclic) bond motifs is 2. The second-order valence-corrected chi connectivity index (χ2v) is 5.35. The molecule has 2 aromatic carbocycles. The molecule has 1 aliphatic heterocycles. The first-order valence-corrected chi connectivity index (χ1v) is 6.59. The number of carbonyl (C=O) groups excluding carboxylic acids is 1. The summed E-state index contributed by atoms with van der Waals surface area (Å²) in [6.07, 6.45) is 0. The van der Waals surface area contributed by atoms with Crippen LogP contribution in [-0.4, -0.2) is 5.24 Å². The SMILES string of the molecule is O=C(Cl)C1c2ccccc2Oc2ccc(Br)cc21. The summed E-state index contributed by atoms with van der Waals surface area (Å²) in [4.78, 5) is 11.7. The lowest BCUT2D eigenvalue weighted by Crippen LogP contribution is -2.15. The van der Waals surface area contributed by atoms with Crippen LogP contribution in [0.25, 0.3) is 0 Å². The highest BCUT2D eigenvalue weighted by molar-refractivity contribution is 9.10. The van der Waals surface area contributed by atoms with Gasteiger partial charge in [-0.25, -0.2) is 0 Å². The van der Waals surface area contributed by atoms with Gasteiger partial charge in [0.25, 0.3) is 0 Å². The largest absolute Gasteiger partial charge is 0.457 e. The molecule has 0 radical (unpaired) electrons. The Hall–Kier alpha value is -1.32. The number of benzene rings is 2. The minimum absolute atomic E-state index is 0.398. The van der Waals surface area contributed by atoms with Crippen molar-refractivity contribution in [3.05, 3.63) is 58.1 Å². The van der Waals surface area contributed by atoms with Crippen molar-refractivity contribution in [2.75, 3.05) is 0 Å². The maximum atomic E-state index is 11.7. The first kappa shape index (κ1) is 11.8. The Morgan fingerprint density at radius 2 is 1.83 bits per heavy atom. The molecule has 0 aromatic heterocycles. The van der Waals surface area contributed by atoms with E-state index in [0.717, 1.165) is 15.6 Å². The predicted octanol–water partition coefficient (Wildman–Crippen LogP) is 4.45. The number of hydrogen-bond acceptors (Lipinski definition) is 2. The van der Waals surface area contributed by atoms with E-state index in [1.807, 2.05) is 42.5 Å². The third-order valence-corrected chi connectivity index (χ3v) is 3.67. The number of para-hydroxylation sites is 1. The minimum atomic E-state index is -0.468. The Labute approximate surface area is 118 Å². The second kappa shape index (κ2) is 4.41.